The second-order valence-electron chi connectivity index (χ2n) is 5.94. The van der Waals surface area contributed by atoms with Crippen LogP contribution in [-0.2, 0) is 16.0 Å². The SMILES string of the molecule is CN=C(NCCc1c(Cl)cccc1Cl)N1CC(C)C(C(=O)OC)C1.I. The maximum Gasteiger partial charge on any atom is 0.310 e. The lowest BCUT2D eigenvalue weighted by Gasteiger charge is -2.21. The lowest BCUT2D eigenvalue weighted by Crippen LogP contribution is -2.41. The van der Waals surface area contributed by atoms with E-state index in [4.69, 9.17) is 27.9 Å². The van der Waals surface area contributed by atoms with E-state index in [0.717, 1.165) is 18.1 Å². The Balaban J connectivity index is 0.00000312. The smallest absolute Gasteiger partial charge is 0.310 e. The Morgan fingerprint density at radius 1 is 1.36 bits per heavy atom. The number of esters is 1. The highest BCUT2D eigenvalue weighted by atomic mass is 127. The number of methoxy groups -OCH3 is 1. The van der Waals surface area contributed by atoms with E-state index >= 15 is 0 Å². The molecule has 1 aromatic carbocycles. The van der Waals surface area contributed by atoms with Crippen molar-refractivity contribution < 1.29 is 9.53 Å². The molecule has 1 aliphatic rings. The molecule has 8 heteroatoms. The van der Waals surface area contributed by atoms with Crippen molar-refractivity contribution in [3.8, 4) is 0 Å². The summed E-state index contributed by atoms with van der Waals surface area (Å²) in [6.07, 6.45) is 0.696. The summed E-state index contributed by atoms with van der Waals surface area (Å²) < 4.78 is 4.88. The average molecular weight is 500 g/mol. The fraction of sp³-hybridized carbons (Fsp3) is 0.529. The first-order chi connectivity index (χ1) is 11.5. The topological polar surface area (TPSA) is 53.9 Å². The standard InChI is InChI=1S/C17H23Cl2N3O2.HI/c1-11-9-22(10-13(11)16(23)24-3)17(20-2)21-8-7-12-14(18)5-4-6-15(12)19;/h4-6,11,13H,7-10H2,1-3H3,(H,20,21);1H. The number of ether oxygens (including phenoxy) is 1. The number of carbonyl (C=O) groups is 1. The lowest BCUT2D eigenvalue weighted by atomic mass is 9.99. The molecule has 0 aromatic heterocycles. The van der Waals surface area contributed by atoms with Gasteiger partial charge in [-0.25, -0.2) is 0 Å². The van der Waals surface area contributed by atoms with Crippen LogP contribution in [0.15, 0.2) is 23.2 Å². The van der Waals surface area contributed by atoms with Gasteiger partial charge in [0, 0.05) is 36.7 Å². The number of nitrogens with zero attached hydrogens (tertiary/aromatic N) is 2. The molecular formula is C17H24Cl2IN3O2. The molecular weight excluding hydrogens is 476 g/mol. The molecule has 140 valence electrons. The minimum absolute atomic E-state index is 0. The first kappa shape index (κ1) is 22.3. The summed E-state index contributed by atoms with van der Waals surface area (Å²) in [5.74, 6) is 0.723. The average Bonchev–Trinajstić information content (AvgIpc) is 2.94. The summed E-state index contributed by atoms with van der Waals surface area (Å²) in [5.41, 5.74) is 0.922. The van der Waals surface area contributed by atoms with E-state index < -0.39 is 0 Å². The van der Waals surface area contributed by atoms with Crippen LogP contribution in [0.4, 0.5) is 0 Å². The van der Waals surface area contributed by atoms with Crippen LogP contribution < -0.4 is 5.32 Å². The van der Waals surface area contributed by atoms with Crippen molar-refractivity contribution in [2.45, 2.75) is 13.3 Å². The number of halogens is 3. The Morgan fingerprint density at radius 3 is 2.56 bits per heavy atom. The van der Waals surface area contributed by atoms with E-state index in [-0.39, 0.29) is 41.8 Å². The van der Waals surface area contributed by atoms with Crippen LogP contribution in [0.2, 0.25) is 10.0 Å². The second kappa shape index (κ2) is 10.4. The highest BCUT2D eigenvalue weighted by molar-refractivity contribution is 14.0. The van der Waals surface area contributed by atoms with Crippen LogP contribution in [0.1, 0.15) is 12.5 Å². The summed E-state index contributed by atoms with van der Waals surface area (Å²) in [7, 11) is 3.17. The van der Waals surface area contributed by atoms with Gasteiger partial charge in [-0.2, -0.15) is 0 Å². The summed E-state index contributed by atoms with van der Waals surface area (Å²) in [6.45, 7) is 4.09. The number of aliphatic imine (C=N–C) groups is 1. The van der Waals surface area contributed by atoms with Gasteiger partial charge in [-0.3, -0.25) is 9.79 Å². The van der Waals surface area contributed by atoms with Crippen LogP contribution in [0.3, 0.4) is 0 Å². The molecule has 1 N–H and O–H groups in total. The number of nitrogens with one attached hydrogen (secondary N) is 1. The molecule has 0 radical (unpaired) electrons. The molecule has 1 heterocycles. The fourth-order valence-electron chi connectivity index (χ4n) is 3.00. The monoisotopic (exact) mass is 499 g/mol. The molecule has 2 unspecified atom stereocenters. The predicted octanol–water partition coefficient (Wildman–Crippen LogP) is 3.47. The molecule has 0 amide bonds. The maximum atomic E-state index is 11.8. The van der Waals surface area contributed by atoms with Crippen molar-refractivity contribution in [1.82, 2.24) is 10.2 Å². The van der Waals surface area contributed by atoms with Crippen molar-refractivity contribution in [2.24, 2.45) is 16.8 Å². The molecule has 1 aliphatic heterocycles. The van der Waals surface area contributed by atoms with Gasteiger partial charge in [0.25, 0.3) is 0 Å². The second-order valence-corrected chi connectivity index (χ2v) is 6.75. The quantitative estimate of drug-likeness (QED) is 0.298. The normalized spacial score (nSPS) is 20.2. The zero-order valence-corrected chi connectivity index (χ0v) is 18.4. The van der Waals surface area contributed by atoms with Gasteiger partial charge in [0.2, 0.25) is 0 Å². The Labute approximate surface area is 176 Å². The van der Waals surface area contributed by atoms with Gasteiger partial charge < -0.3 is 15.0 Å². The zero-order valence-electron chi connectivity index (χ0n) is 14.6. The van der Waals surface area contributed by atoms with Crippen molar-refractivity contribution in [1.29, 1.82) is 0 Å². The third-order valence-electron chi connectivity index (χ3n) is 4.35. The first-order valence-electron chi connectivity index (χ1n) is 7.94. The number of hydrogen-bond acceptors (Lipinski definition) is 3. The van der Waals surface area contributed by atoms with Crippen LogP contribution in [-0.4, -0.2) is 50.6 Å². The lowest BCUT2D eigenvalue weighted by molar-refractivity contribution is -0.145. The van der Waals surface area contributed by atoms with Gasteiger partial charge in [0.05, 0.1) is 13.0 Å². The molecule has 0 spiro atoms. The molecule has 1 fully saturated rings. The molecule has 2 rings (SSSR count). The molecule has 1 saturated heterocycles. The minimum Gasteiger partial charge on any atom is -0.469 e. The Kier molecular flexibility index (Phi) is 9.30. The van der Waals surface area contributed by atoms with E-state index in [0.29, 0.717) is 29.6 Å². The maximum absolute atomic E-state index is 11.8. The van der Waals surface area contributed by atoms with Crippen LogP contribution in [0.5, 0.6) is 0 Å². The number of benzene rings is 1. The van der Waals surface area contributed by atoms with Gasteiger partial charge in [-0.05, 0) is 30.0 Å². The Morgan fingerprint density at radius 2 is 2.00 bits per heavy atom. The van der Waals surface area contributed by atoms with Gasteiger partial charge in [-0.1, -0.05) is 36.2 Å². The molecule has 1 aromatic rings. The third-order valence-corrected chi connectivity index (χ3v) is 5.06. The van der Waals surface area contributed by atoms with Crippen LogP contribution >= 0.6 is 47.2 Å². The Bertz CT molecular complexity index is 608. The van der Waals surface area contributed by atoms with Crippen LogP contribution in [0, 0.1) is 11.8 Å². The number of carbonyl (C=O) groups excluding carboxylic acids is 1. The van der Waals surface area contributed by atoms with E-state index in [9.17, 15) is 4.79 Å². The van der Waals surface area contributed by atoms with Crippen molar-refractivity contribution in [3.63, 3.8) is 0 Å². The van der Waals surface area contributed by atoms with Gasteiger partial charge in [0.1, 0.15) is 0 Å². The summed E-state index contributed by atoms with van der Waals surface area (Å²) in [4.78, 5) is 18.2. The largest absolute Gasteiger partial charge is 0.469 e. The molecule has 5 nitrogen and oxygen atoms in total. The molecule has 25 heavy (non-hydrogen) atoms. The predicted molar refractivity (Wildman–Crippen MR) is 113 cm³/mol. The van der Waals surface area contributed by atoms with Gasteiger partial charge in [0.15, 0.2) is 5.96 Å². The Hall–Kier alpha value is -0.730. The van der Waals surface area contributed by atoms with Gasteiger partial charge in [-0.15, -0.1) is 24.0 Å². The highest BCUT2D eigenvalue weighted by Crippen LogP contribution is 2.25. The number of rotatable bonds is 4. The van der Waals surface area contributed by atoms with E-state index in [1.807, 2.05) is 18.2 Å². The highest BCUT2D eigenvalue weighted by Gasteiger charge is 2.36. The summed E-state index contributed by atoms with van der Waals surface area (Å²) in [6, 6.07) is 5.50. The molecule has 0 saturated carbocycles. The minimum atomic E-state index is -0.164. The fourth-order valence-corrected chi connectivity index (χ4v) is 3.59. The zero-order chi connectivity index (χ0) is 17.7. The van der Waals surface area contributed by atoms with Crippen molar-refractivity contribution in [3.05, 3.63) is 33.8 Å². The number of hydrogen-bond donors (Lipinski definition) is 1. The first-order valence-corrected chi connectivity index (χ1v) is 8.69. The summed E-state index contributed by atoms with van der Waals surface area (Å²) >= 11 is 12.4. The van der Waals surface area contributed by atoms with E-state index in [1.165, 1.54) is 7.11 Å². The number of guanidine groups is 1. The third kappa shape index (κ3) is 5.62. The molecule has 0 bridgehead atoms. The number of likely N-dealkylation sites (tertiary alicyclic amines) is 1. The summed E-state index contributed by atoms with van der Waals surface area (Å²) in [5, 5.41) is 4.65. The van der Waals surface area contributed by atoms with Crippen molar-refractivity contribution in [2.75, 3.05) is 33.8 Å². The van der Waals surface area contributed by atoms with Gasteiger partial charge >= 0.3 is 5.97 Å². The van der Waals surface area contributed by atoms with Crippen molar-refractivity contribution >= 4 is 59.1 Å². The molecule has 2 atom stereocenters. The van der Waals surface area contributed by atoms with Crippen LogP contribution in [0.25, 0.3) is 0 Å². The molecule has 0 aliphatic carbocycles. The van der Waals surface area contributed by atoms with E-state index in [1.54, 1.807) is 7.05 Å². The van der Waals surface area contributed by atoms with E-state index in [2.05, 4.69) is 22.1 Å².